The van der Waals surface area contributed by atoms with Crippen LogP contribution in [-0.2, 0) is 14.3 Å². The number of carbonyl (C=O) groups is 4. The summed E-state index contributed by atoms with van der Waals surface area (Å²) in [6.45, 7) is 3.14. The molecule has 122 valence electrons. The number of methoxy groups -OCH3 is 1. The zero-order chi connectivity index (χ0) is 17.1. The highest BCUT2D eigenvalue weighted by molar-refractivity contribution is 6.22. The molecular formula is C16H18N2O5. The molecule has 1 aliphatic heterocycles. The Hall–Kier alpha value is -2.70. The van der Waals surface area contributed by atoms with Gasteiger partial charge >= 0.3 is 5.97 Å². The molecule has 0 aromatic heterocycles. The zero-order valence-corrected chi connectivity index (χ0v) is 13.2. The number of hydrogen-bond donors (Lipinski definition) is 1. The molecule has 0 saturated carbocycles. The minimum absolute atomic E-state index is 0.281. The molecule has 7 heteroatoms. The minimum Gasteiger partial charge on any atom is -0.468 e. The Balaban J connectivity index is 2.26. The number of benzene rings is 1. The van der Waals surface area contributed by atoms with Crippen LogP contribution in [0.3, 0.4) is 0 Å². The van der Waals surface area contributed by atoms with Gasteiger partial charge in [-0.25, -0.2) is 0 Å². The maximum Gasteiger partial charge on any atom is 0.325 e. The maximum absolute atomic E-state index is 12.5. The lowest BCUT2D eigenvalue weighted by Crippen LogP contribution is -2.53. The lowest BCUT2D eigenvalue weighted by Gasteiger charge is -2.28. The lowest BCUT2D eigenvalue weighted by molar-refractivity contribution is -0.141. The fraction of sp³-hybridized carbons (Fsp3) is 0.375. The summed E-state index contributed by atoms with van der Waals surface area (Å²) in [4.78, 5) is 49.5. The van der Waals surface area contributed by atoms with Crippen LogP contribution < -0.4 is 5.32 Å². The number of hydrogen-bond acceptors (Lipinski definition) is 5. The Morgan fingerprint density at radius 3 is 2.09 bits per heavy atom. The van der Waals surface area contributed by atoms with Crippen LogP contribution in [0, 0.1) is 5.92 Å². The zero-order valence-electron chi connectivity index (χ0n) is 13.2. The Morgan fingerprint density at radius 1 is 1.13 bits per heavy atom. The Labute approximate surface area is 133 Å². The van der Waals surface area contributed by atoms with Crippen LogP contribution in [-0.4, -0.2) is 48.3 Å². The number of esters is 1. The van der Waals surface area contributed by atoms with Crippen molar-refractivity contribution in [3.05, 3.63) is 35.4 Å². The first kappa shape index (κ1) is 16.7. The average molecular weight is 318 g/mol. The molecule has 0 fully saturated rings. The van der Waals surface area contributed by atoms with Crippen molar-refractivity contribution in [3.63, 3.8) is 0 Å². The van der Waals surface area contributed by atoms with Gasteiger partial charge in [0.05, 0.1) is 18.2 Å². The molecule has 7 nitrogen and oxygen atoms in total. The van der Waals surface area contributed by atoms with Crippen molar-refractivity contribution >= 4 is 23.7 Å². The van der Waals surface area contributed by atoms with Crippen LogP contribution in [0.1, 0.15) is 34.6 Å². The standard InChI is InChI=1S/C16H18N2O5/c1-9(2)13(14(20)17-8-12(19)23-3)18-15(21)10-6-4-5-7-11(10)16(18)22/h4-7,9,13H,8H2,1-3H3,(H,17,20). The number of imide groups is 1. The van der Waals surface area contributed by atoms with Gasteiger partial charge in [-0.3, -0.25) is 24.1 Å². The third kappa shape index (κ3) is 3.08. The van der Waals surface area contributed by atoms with Crippen molar-refractivity contribution in [1.82, 2.24) is 10.2 Å². The lowest BCUT2D eigenvalue weighted by atomic mass is 10.0. The molecule has 1 aromatic rings. The van der Waals surface area contributed by atoms with E-state index in [9.17, 15) is 19.2 Å². The van der Waals surface area contributed by atoms with Gasteiger partial charge in [-0.1, -0.05) is 26.0 Å². The molecule has 1 unspecified atom stereocenters. The Bertz CT molecular complexity index is 633. The first-order valence-electron chi connectivity index (χ1n) is 7.20. The van der Waals surface area contributed by atoms with E-state index in [4.69, 9.17) is 0 Å². The molecule has 1 N–H and O–H groups in total. The van der Waals surface area contributed by atoms with Crippen LogP contribution in [0.15, 0.2) is 24.3 Å². The van der Waals surface area contributed by atoms with E-state index in [1.54, 1.807) is 38.1 Å². The number of ether oxygens (including phenoxy) is 1. The van der Waals surface area contributed by atoms with Gasteiger partial charge in [0.25, 0.3) is 11.8 Å². The minimum atomic E-state index is -0.993. The molecule has 23 heavy (non-hydrogen) atoms. The van der Waals surface area contributed by atoms with Crippen molar-refractivity contribution < 1.29 is 23.9 Å². The van der Waals surface area contributed by atoms with E-state index in [0.717, 1.165) is 4.90 Å². The normalized spacial score (nSPS) is 14.7. The maximum atomic E-state index is 12.5. The summed E-state index contributed by atoms with van der Waals surface area (Å²) in [7, 11) is 1.21. The highest BCUT2D eigenvalue weighted by atomic mass is 16.5. The second-order valence-electron chi connectivity index (χ2n) is 5.51. The topological polar surface area (TPSA) is 92.8 Å². The summed E-state index contributed by atoms with van der Waals surface area (Å²) >= 11 is 0. The molecule has 0 bridgehead atoms. The first-order valence-corrected chi connectivity index (χ1v) is 7.20. The molecule has 1 aliphatic rings. The number of nitrogens with zero attached hydrogens (tertiary/aromatic N) is 1. The fourth-order valence-corrected chi connectivity index (χ4v) is 2.51. The SMILES string of the molecule is COC(=O)CNC(=O)C(C(C)C)N1C(=O)c2ccccc2C1=O. The number of amides is 3. The second-order valence-corrected chi connectivity index (χ2v) is 5.51. The molecule has 1 heterocycles. The molecule has 0 spiro atoms. The molecule has 1 atom stereocenters. The monoisotopic (exact) mass is 318 g/mol. The van der Waals surface area contributed by atoms with Crippen LogP contribution in [0.2, 0.25) is 0 Å². The summed E-state index contributed by atoms with van der Waals surface area (Å²) in [5.74, 6) is -2.49. The van der Waals surface area contributed by atoms with Gasteiger partial charge in [0.15, 0.2) is 0 Å². The van der Waals surface area contributed by atoms with E-state index in [2.05, 4.69) is 10.1 Å². The predicted octanol–water partition coefficient (Wildman–Crippen LogP) is 0.596. The Kier molecular flexibility index (Phi) is 4.78. The van der Waals surface area contributed by atoms with Gasteiger partial charge in [-0.2, -0.15) is 0 Å². The number of carbonyl (C=O) groups excluding carboxylic acids is 4. The van der Waals surface area contributed by atoms with E-state index >= 15 is 0 Å². The summed E-state index contributed by atoms with van der Waals surface area (Å²) < 4.78 is 4.46. The summed E-state index contributed by atoms with van der Waals surface area (Å²) in [6.07, 6.45) is 0. The van der Waals surface area contributed by atoms with Gasteiger partial charge in [0, 0.05) is 0 Å². The quantitative estimate of drug-likeness (QED) is 0.634. The average Bonchev–Trinajstić information content (AvgIpc) is 2.78. The molecule has 3 amide bonds. The third-order valence-corrected chi connectivity index (χ3v) is 3.64. The largest absolute Gasteiger partial charge is 0.468 e. The van der Waals surface area contributed by atoms with Crippen LogP contribution in [0.5, 0.6) is 0 Å². The van der Waals surface area contributed by atoms with Gasteiger partial charge in [-0.05, 0) is 18.1 Å². The van der Waals surface area contributed by atoms with Crippen molar-refractivity contribution in [2.75, 3.05) is 13.7 Å². The Morgan fingerprint density at radius 2 is 1.65 bits per heavy atom. The van der Waals surface area contributed by atoms with E-state index in [-0.39, 0.29) is 23.6 Å². The van der Waals surface area contributed by atoms with E-state index < -0.39 is 29.7 Å². The highest BCUT2D eigenvalue weighted by Crippen LogP contribution is 2.27. The van der Waals surface area contributed by atoms with Crippen LogP contribution in [0.4, 0.5) is 0 Å². The molecule has 1 aromatic carbocycles. The van der Waals surface area contributed by atoms with Crippen LogP contribution >= 0.6 is 0 Å². The van der Waals surface area contributed by atoms with E-state index in [0.29, 0.717) is 0 Å². The van der Waals surface area contributed by atoms with Gasteiger partial charge in [-0.15, -0.1) is 0 Å². The number of rotatable bonds is 5. The van der Waals surface area contributed by atoms with Gasteiger partial charge < -0.3 is 10.1 Å². The molecule has 0 saturated heterocycles. The molecule has 2 rings (SSSR count). The van der Waals surface area contributed by atoms with Crippen molar-refractivity contribution in [3.8, 4) is 0 Å². The molecular weight excluding hydrogens is 300 g/mol. The number of nitrogens with one attached hydrogen (secondary N) is 1. The first-order chi connectivity index (χ1) is 10.9. The summed E-state index contributed by atoms with van der Waals surface area (Å²) in [5, 5.41) is 2.40. The third-order valence-electron chi connectivity index (χ3n) is 3.64. The van der Waals surface area contributed by atoms with E-state index in [1.807, 2.05) is 0 Å². The summed E-state index contributed by atoms with van der Waals surface area (Å²) in [5.41, 5.74) is 0.563. The molecule has 0 aliphatic carbocycles. The smallest absolute Gasteiger partial charge is 0.325 e. The second kappa shape index (κ2) is 6.60. The van der Waals surface area contributed by atoms with E-state index in [1.165, 1.54) is 7.11 Å². The predicted molar refractivity (Wildman–Crippen MR) is 80.6 cm³/mol. The fourth-order valence-electron chi connectivity index (χ4n) is 2.51. The van der Waals surface area contributed by atoms with Crippen molar-refractivity contribution in [2.24, 2.45) is 5.92 Å². The highest BCUT2D eigenvalue weighted by Gasteiger charge is 2.43. The van der Waals surface area contributed by atoms with Crippen molar-refractivity contribution in [2.45, 2.75) is 19.9 Å². The molecule has 0 radical (unpaired) electrons. The van der Waals surface area contributed by atoms with Gasteiger partial charge in [0.1, 0.15) is 12.6 Å². The van der Waals surface area contributed by atoms with Crippen molar-refractivity contribution in [1.29, 1.82) is 0 Å². The summed E-state index contributed by atoms with van der Waals surface area (Å²) in [6, 6.07) is 5.44. The number of fused-ring (bicyclic) bond motifs is 1. The van der Waals surface area contributed by atoms with Gasteiger partial charge in [0.2, 0.25) is 5.91 Å². The van der Waals surface area contributed by atoms with Crippen LogP contribution in [0.25, 0.3) is 0 Å².